The van der Waals surface area contributed by atoms with Crippen LogP contribution in [0.3, 0.4) is 0 Å². The van der Waals surface area contributed by atoms with Crippen molar-refractivity contribution in [3.63, 3.8) is 0 Å². The van der Waals surface area contributed by atoms with E-state index in [-0.39, 0.29) is 11.8 Å². The first-order chi connectivity index (χ1) is 21.6. The number of aromatic nitrogens is 3. The van der Waals surface area contributed by atoms with Gasteiger partial charge in [-0.2, -0.15) is 0 Å². The first-order valence-corrected chi connectivity index (χ1v) is 16.2. The van der Waals surface area contributed by atoms with Gasteiger partial charge in [0.05, 0.1) is 25.1 Å². The van der Waals surface area contributed by atoms with E-state index in [1.165, 1.54) is 27.9 Å². The number of aliphatic hydroxyl groups excluding tert-OH is 1. The molecule has 3 N–H and O–H groups in total. The molecule has 0 radical (unpaired) electrons. The molecule has 1 aromatic carbocycles. The van der Waals surface area contributed by atoms with Gasteiger partial charge in [-0.25, -0.2) is 4.98 Å². The number of nitrogens with one attached hydrogen (secondary N) is 1. The number of pyridine rings is 1. The van der Waals surface area contributed by atoms with Crippen molar-refractivity contribution < 1.29 is 19.8 Å². The molecule has 0 bridgehead atoms. The Balaban J connectivity index is 0.000000155. The zero-order chi connectivity index (χ0) is 32.4. The van der Waals surface area contributed by atoms with Crippen LogP contribution in [0.15, 0.2) is 49.1 Å². The molecule has 4 heterocycles. The van der Waals surface area contributed by atoms with Gasteiger partial charge in [-0.15, -0.1) is 0 Å². The first-order valence-electron chi connectivity index (χ1n) is 16.2. The highest BCUT2D eigenvalue weighted by atomic mass is 16.3. The lowest BCUT2D eigenvalue weighted by molar-refractivity contribution is -0.142. The molecule has 10 heteroatoms. The molecule has 2 atom stereocenters. The fourth-order valence-electron chi connectivity index (χ4n) is 6.09. The summed E-state index contributed by atoms with van der Waals surface area (Å²) in [6.45, 7) is 12.5. The Morgan fingerprint density at radius 1 is 1.07 bits per heavy atom. The van der Waals surface area contributed by atoms with Crippen LogP contribution >= 0.6 is 0 Å². The van der Waals surface area contributed by atoms with Gasteiger partial charge in [0.1, 0.15) is 11.7 Å². The monoisotopic (exact) mass is 618 g/mol. The Bertz CT molecular complexity index is 1400. The van der Waals surface area contributed by atoms with E-state index >= 15 is 0 Å². The van der Waals surface area contributed by atoms with E-state index in [1.54, 1.807) is 16.1 Å². The predicted octanol–water partition coefficient (Wildman–Crippen LogP) is 2.69. The van der Waals surface area contributed by atoms with Crippen molar-refractivity contribution in [3.8, 4) is 0 Å². The number of hydrogen-bond acceptors (Lipinski definition) is 7. The summed E-state index contributed by atoms with van der Waals surface area (Å²) in [5.41, 5.74) is 7.10. The maximum absolute atomic E-state index is 11.6. The smallest absolute Gasteiger partial charge is 0.251 e. The summed E-state index contributed by atoms with van der Waals surface area (Å²) in [6, 6.07) is 11.0. The highest BCUT2D eigenvalue weighted by Gasteiger charge is 2.33. The van der Waals surface area contributed by atoms with Crippen LogP contribution in [0.4, 0.5) is 0 Å². The molecule has 244 valence electrons. The van der Waals surface area contributed by atoms with Gasteiger partial charge >= 0.3 is 0 Å². The molecule has 0 saturated carbocycles. The van der Waals surface area contributed by atoms with E-state index in [0.717, 1.165) is 63.8 Å². The summed E-state index contributed by atoms with van der Waals surface area (Å²) >= 11 is 0. The van der Waals surface area contributed by atoms with Crippen molar-refractivity contribution in [2.45, 2.75) is 78.0 Å². The number of piperidine rings is 1. The molecule has 1 aliphatic carbocycles. The number of hydrogen-bond donors (Lipinski definition) is 3. The Hall–Kier alpha value is -3.60. The van der Waals surface area contributed by atoms with E-state index in [1.807, 2.05) is 43.8 Å². The molecule has 0 spiro atoms. The van der Waals surface area contributed by atoms with Gasteiger partial charge in [0, 0.05) is 57.2 Å². The molecule has 3 aromatic rings. The lowest BCUT2D eigenvalue weighted by atomic mass is 9.93. The molecular weight excluding hydrogens is 568 g/mol. The average Bonchev–Trinajstić information content (AvgIpc) is 3.35. The SMILES string of the molecule is CC(C)C(O)C(=O)N1CCNCC1.Cc1ccc2c(c1)CCc1cccnc1C2.Cc1cn(CC2(O)CCCN(C=O)C2)cn1. The van der Waals surface area contributed by atoms with E-state index in [2.05, 4.69) is 46.5 Å². The van der Waals surface area contributed by atoms with E-state index in [4.69, 9.17) is 0 Å². The summed E-state index contributed by atoms with van der Waals surface area (Å²) in [6.07, 6.45) is 10.3. The third-order valence-corrected chi connectivity index (χ3v) is 8.65. The van der Waals surface area contributed by atoms with Crippen molar-refractivity contribution in [3.05, 3.63) is 82.7 Å². The number of fused-ring (bicyclic) bond motifs is 2. The molecule has 2 fully saturated rings. The summed E-state index contributed by atoms with van der Waals surface area (Å²) in [5, 5.41) is 23.1. The van der Waals surface area contributed by atoms with Crippen LogP contribution in [0.2, 0.25) is 0 Å². The quantitative estimate of drug-likeness (QED) is 0.376. The number of rotatable bonds is 5. The standard InChI is InChI=1S/C15H15N.C11H17N3O2.C9H18N2O2/c1-11-4-5-14-10-15-12(3-2-8-16-15)6-7-13(14)9-11;1-10-5-14(8-12-10)7-11(16)3-2-4-13(6-11)9-15;1-7(2)8(12)9(13)11-5-3-10-4-6-11/h2-5,8-9H,6-7,10H2,1H3;5,8-9,16H,2-4,6-7H2,1H3;7-8,10,12H,3-6H2,1-2H3. The molecule has 2 aromatic heterocycles. The zero-order valence-electron chi connectivity index (χ0n) is 27.3. The Morgan fingerprint density at radius 3 is 2.51 bits per heavy atom. The van der Waals surface area contributed by atoms with Gasteiger partial charge in [0.25, 0.3) is 5.91 Å². The number of carbonyl (C=O) groups excluding carboxylic acids is 2. The Labute approximate surface area is 267 Å². The van der Waals surface area contributed by atoms with Crippen LogP contribution in [0.5, 0.6) is 0 Å². The van der Waals surface area contributed by atoms with Crippen molar-refractivity contribution in [1.82, 2.24) is 29.7 Å². The largest absolute Gasteiger partial charge is 0.386 e. The highest BCUT2D eigenvalue weighted by molar-refractivity contribution is 5.81. The number of nitrogens with zero attached hydrogens (tertiary/aromatic N) is 5. The van der Waals surface area contributed by atoms with E-state index in [9.17, 15) is 19.8 Å². The molecule has 6 rings (SSSR count). The summed E-state index contributed by atoms with van der Waals surface area (Å²) < 4.78 is 1.88. The lowest BCUT2D eigenvalue weighted by Gasteiger charge is -2.37. The zero-order valence-corrected chi connectivity index (χ0v) is 27.3. The topological polar surface area (TPSA) is 124 Å². The van der Waals surface area contributed by atoms with E-state index < -0.39 is 11.7 Å². The second-order valence-electron chi connectivity index (χ2n) is 12.9. The number of likely N-dealkylation sites (tertiary alicyclic amines) is 1. The van der Waals surface area contributed by atoms with E-state index in [0.29, 0.717) is 26.2 Å². The fraction of sp³-hybridized carbons (Fsp3) is 0.543. The predicted molar refractivity (Wildman–Crippen MR) is 175 cm³/mol. The summed E-state index contributed by atoms with van der Waals surface area (Å²) in [7, 11) is 0. The van der Waals surface area contributed by atoms with Crippen molar-refractivity contribution >= 4 is 12.3 Å². The number of carbonyl (C=O) groups is 2. The number of imidazole rings is 1. The Kier molecular flexibility index (Phi) is 12.3. The molecule has 10 nitrogen and oxygen atoms in total. The first kappa shape index (κ1) is 34.3. The fourth-order valence-corrected chi connectivity index (χ4v) is 6.09. The third kappa shape index (κ3) is 9.94. The second kappa shape index (κ2) is 16.1. The minimum atomic E-state index is -0.835. The molecule has 3 aliphatic rings. The van der Waals surface area contributed by atoms with Crippen LogP contribution < -0.4 is 5.32 Å². The van der Waals surface area contributed by atoms with Crippen LogP contribution in [0.25, 0.3) is 0 Å². The molecule has 2 amide bonds. The summed E-state index contributed by atoms with van der Waals surface area (Å²) in [5.74, 6) is -0.126. The number of amides is 2. The van der Waals surface area contributed by atoms with Crippen molar-refractivity contribution in [1.29, 1.82) is 0 Å². The number of β-amino-alcohol motifs (C(OH)–C–C–N with tert-alkyl or cyclic N) is 1. The van der Waals surface area contributed by atoms with Crippen LogP contribution in [0, 0.1) is 19.8 Å². The van der Waals surface area contributed by atoms with Crippen LogP contribution in [-0.2, 0) is 35.4 Å². The molecule has 45 heavy (non-hydrogen) atoms. The number of benzene rings is 1. The molecular formula is C35H50N6O4. The normalized spacial score (nSPS) is 20.0. The van der Waals surface area contributed by atoms with Gasteiger partial charge in [-0.05, 0) is 68.2 Å². The average molecular weight is 619 g/mol. The van der Waals surface area contributed by atoms with Crippen molar-refractivity contribution in [2.75, 3.05) is 39.3 Å². The molecule has 2 unspecified atom stereocenters. The lowest BCUT2D eigenvalue weighted by Crippen LogP contribution is -2.50. The number of aryl methyl sites for hydroxylation is 4. The van der Waals surface area contributed by atoms with Gasteiger partial charge < -0.3 is 29.9 Å². The second-order valence-corrected chi connectivity index (χ2v) is 12.9. The minimum Gasteiger partial charge on any atom is -0.386 e. The Morgan fingerprint density at radius 2 is 1.82 bits per heavy atom. The van der Waals surface area contributed by atoms with Gasteiger partial charge in [-0.3, -0.25) is 14.6 Å². The number of aliphatic hydroxyl groups is 2. The summed E-state index contributed by atoms with van der Waals surface area (Å²) in [4.78, 5) is 34.3. The third-order valence-electron chi connectivity index (χ3n) is 8.65. The maximum atomic E-state index is 11.6. The van der Waals surface area contributed by atoms with Gasteiger partial charge in [0.2, 0.25) is 6.41 Å². The highest BCUT2D eigenvalue weighted by Crippen LogP contribution is 2.24. The maximum Gasteiger partial charge on any atom is 0.251 e. The van der Waals surface area contributed by atoms with Crippen LogP contribution in [0.1, 0.15) is 60.3 Å². The van der Waals surface area contributed by atoms with Crippen molar-refractivity contribution in [2.24, 2.45) is 5.92 Å². The molecule has 2 aliphatic heterocycles. The van der Waals surface area contributed by atoms with Crippen LogP contribution in [-0.4, -0.2) is 97.8 Å². The van der Waals surface area contributed by atoms with Gasteiger partial charge in [0.15, 0.2) is 0 Å². The molecule has 2 saturated heterocycles. The van der Waals surface area contributed by atoms with Gasteiger partial charge in [-0.1, -0.05) is 43.7 Å². The minimum absolute atomic E-state index is 0.00221. The number of piperazine rings is 1.